The van der Waals surface area contributed by atoms with Gasteiger partial charge in [-0.25, -0.2) is 0 Å². The normalized spacial score (nSPS) is 27.0. The Morgan fingerprint density at radius 2 is 1.96 bits per heavy atom. The average molecular weight is 426 g/mol. The molecular weight excluding hydrogens is 402 g/mol. The fourth-order valence-electron chi connectivity index (χ4n) is 2.91. The van der Waals surface area contributed by atoms with Crippen LogP contribution in [0, 0.1) is 10.1 Å². The third kappa shape index (κ3) is 6.00. The van der Waals surface area contributed by atoms with Gasteiger partial charge in [0.05, 0.1) is 30.3 Å². The topological polar surface area (TPSA) is 154 Å². The number of nitro benzene ring substituents is 1. The zero-order valence-electron chi connectivity index (χ0n) is 14.4. The number of rotatable bonds is 9. The van der Waals surface area contributed by atoms with Gasteiger partial charge in [0.2, 0.25) is 0 Å². The van der Waals surface area contributed by atoms with Gasteiger partial charge in [-0.15, -0.1) is 0 Å². The van der Waals surface area contributed by atoms with Gasteiger partial charge >= 0.3 is 0 Å². The maximum Gasteiger partial charge on any atom is 0.274 e. The van der Waals surface area contributed by atoms with Crippen molar-refractivity contribution in [3.8, 4) is 0 Å². The molecule has 0 aliphatic carbocycles. The molecular formula is C16H24ClNO8S. The summed E-state index contributed by atoms with van der Waals surface area (Å²) < 4.78 is 5.48. The number of aliphatic hydroxyl groups excluding tert-OH is 5. The molecule has 5 N–H and O–H groups in total. The highest BCUT2D eigenvalue weighted by Gasteiger charge is 2.50. The van der Waals surface area contributed by atoms with Crippen molar-refractivity contribution in [3.05, 3.63) is 39.9 Å². The number of hydrogen-bond donors (Lipinski definition) is 5. The second-order valence-electron chi connectivity index (χ2n) is 6.13. The summed E-state index contributed by atoms with van der Waals surface area (Å²) in [4.78, 5) is 10.5. The number of benzene rings is 1. The maximum absolute atomic E-state index is 11.0. The summed E-state index contributed by atoms with van der Waals surface area (Å²) in [7, 11) is -0.637. The third-order valence-corrected chi connectivity index (χ3v) is 7.23. The molecule has 2 rings (SSSR count). The van der Waals surface area contributed by atoms with Crippen LogP contribution in [0.2, 0.25) is 0 Å². The summed E-state index contributed by atoms with van der Waals surface area (Å²) >= 11 is 0. The van der Waals surface area contributed by atoms with E-state index >= 15 is 0 Å². The minimum absolute atomic E-state index is 0. The highest BCUT2D eigenvalue weighted by Crippen LogP contribution is 2.26. The number of ether oxygens (including phenoxy) is 1. The number of nitro groups is 1. The van der Waals surface area contributed by atoms with Crippen molar-refractivity contribution in [2.45, 2.75) is 36.3 Å². The van der Waals surface area contributed by atoms with Gasteiger partial charge in [-0.1, -0.05) is 12.1 Å². The second kappa shape index (κ2) is 11.1. The first-order valence-electron chi connectivity index (χ1n) is 8.15. The Bertz CT molecular complexity index is 610. The number of halogens is 1. The minimum atomic E-state index is -1.10. The molecule has 1 fully saturated rings. The van der Waals surface area contributed by atoms with Crippen LogP contribution in [0.15, 0.2) is 24.3 Å². The largest absolute Gasteiger partial charge is 1.00 e. The van der Waals surface area contributed by atoms with Gasteiger partial charge < -0.3 is 42.7 Å². The first-order valence-corrected chi connectivity index (χ1v) is 9.77. The molecule has 27 heavy (non-hydrogen) atoms. The summed E-state index contributed by atoms with van der Waals surface area (Å²) in [6.07, 6.45) is -4.08. The van der Waals surface area contributed by atoms with Gasteiger partial charge in [-0.3, -0.25) is 10.1 Å². The molecule has 1 aliphatic heterocycles. The molecule has 0 aromatic heterocycles. The van der Waals surface area contributed by atoms with Crippen molar-refractivity contribution in [1.29, 1.82) is 0 Å². The fraction of sp³-hybridized carbons (Fsp3) is 0.625. The molecule has 0 bridgehead atoms. The van der Waals surface area contributed by atoms with Crippen LogP contribution in [0.25, 0.3) is 0 Å². The van der Waals surface area contributed by atoms with E-state index < -0.39 is 52.1 Å². The van der Waals surface area contributed by atoms with Gasteiger partial charge in [0, 0.05) is 17.0 Å². The predicted molar refractivity (Wildman–Crippen MR) is 94.8 cm³/mol. The highest BCUT2D eigenvalue weighted by atomic mass is 35.5. The number of hydrogen-bond acceptors (Lipinski definition) is 8. The van der Waals surface area contributed by atoms with Crippen molar-refractivity contribution in [1.82, 2.24) is 0 Å². The smallest absolute Gasteiger partial charge is 0.274 e. The summed E-state index contributed by atoms with van der Waals surface area (Å²) in [5, 5.41) is 59.3. The molecule has 1 aromatic carbocycles. The van der Waals surface area contributed by atoms with E-state index in [1.54, 1.807) is 6.07 Å². The lowest BCUT2D eigenvalue weighted by Gasteiger charge is -2.22. The molecule has 0 spiro atoms. The van der Waals surface area contributed by atoms with E-state index in [4.69, 9.17) is 4.74 Å². The van der Waals surface area contributed by atoms with Crippen LogP contribution >= 0.6 is 0 Å². The lowest BCUT2D eigenvalue weighted by atomic mass is 10.2. The van der Waals surface area contributed by atoms with E-state index in [2.05, 4.69) is 0 Å². The molecule has 0 saturated carbocycles. The Morgan fingerprint density at radius 3 is 2.56 bits per heavy atom. The van der Waals surface area contributed by atoms with Crippen LogP contribution in [0.4, 0.5) is 5.69 Å². The van der Waals surface area contributed by atoms with Crippen LogP contribution in [0.3, 0.4) is 0 Å². The van der Waals surface area contributed by atoms with Gasteiger partial charge in [0.25, 0.3) is 5.69 Å². The Balaban J connectivity index is 0.00000364. The first-order chi connectivity index (χ1) is 12.4. The molecule has 1 aromatic rings. The molecule has 0 radical (unpaired) electrons. The molecule has 0 amide bonds. The average Bonchev–Trinajstić information content (AvgIpc) is 2.88. The van der Waals surface area contributed by atoms with Crippen molar-refractivity contribution in [2.75, 3.05) is 24.7 Å². The summed E-state index contributed by atoms with van der Waals surface area (Å²) in [5.41, 5.74) is 0.216. The zero-order chi connectivity index (χ0) is 19.3. The van der Waals surface area contributed by atoms with E-state index in [0.29, 0.717) is 5.56 Å². The summed E-state index contributed by atoms with van der Waals surface area (Å²) in [6, 6.07) is 6.04. The Labute approximate surface area is 165 Å². The molecule has 1 aliphatic rings. The van der Waals surface area contributed by atoms with Crippen molar-refractivity contribution >= 4 is 16.6 Å². The highest BCUT2D eigenvalue weighted by molar-refractivity contribution is 7.97. The van der Waals surface area contributed by atoms with Gasteiger partial charge in [0.15, 0.2) is 5.25 Å². The lowest BCUT2D eigenvalue weighted by Crippen LogP contribution is -3.00. The number of para-hydroxylation sites is 1. The van der Waals surface area contributed by atoms with E-state index in [1.165, 1.54) is 18.2 Å². The quantitative estimate of drug-likeness (QED) is 0.151. The van der Waals surface area contributed by atoms with Crippen molar-refractivity contribution in [3.63, 3.8) is 0 Å². The number of aliphatic hydroxyl groups is 5. The lowest BCUT2D eigenvalue weighted by molar-refractivity contribution is -0.386. The predicted octanol–water partition coefficient (Wildman–Crippen LogP) is -4.45. The Morgan fingerprint density at radius 1 is 1.30 bits per heavy atom. The van der Waals surface area contributed by atoms with Crippen molar-refractivity contribution in [2.24, 2.45) is 0 Å². The molecule has 1 heterocycles. The van der Waals surface area contributed by atoms with Crippen molar-refractivity contribution < 1.29 is 47.6 Å². The van der Waals surface area contributed by atoms with E-state index in [1.807, 2.05) is 0 Å². The molecule has 6 atom stereocenters. The van der Waals surface area contributed by atoms with Crippen LogP contribution in [0.5, 0.6) is 0 Å². The monoisotopic (exact) mass is 425 g/mol. The number of nitrogens with zero attached hydrogens (tertiary/aromatic N) is 1. The fourth-order valence-corrected chi connectivity index (χ4v) is 5.62. The first kappa shape index (κ1) is 24.1. The van der Waals surface area contributed by atoms with E-state index in [0.717, 1.165) is 0 Å². The van der Waals surface area contributed by atoms with Crippen LogP contribution in [-0.4, -0.2) is 84.8 Å². The van der Waals surface area contributed by atoms with Crippen LogP contribution in [-0.2, 0) is 22.2 Å². The third-order valence-electron chi connectivity index (χ3n) is 4.40. The van der Waals surface area contributed by atoms with Crippen LogP contribution < -0.4 is 12.4 Å². The Hall–Kier alpha value is -0.980. The molecule has 9 nitrogen and oxygen atoms in total. The molecule has 154 valence electrons. The SMILES string of the molecule is O=[N+]([O-])c1ccccc1CO[C@@H](CO)C(O)C[S+]1C[C@@H](O)[C@H](O)[C@H]1CO.[Cl-]. The van der Waals surface area contributed by atoms with Crippen LogP contribution in [0.1, 0.15) is 5.56 Å². The van der Waals surface area contributed by atoms with E-state index in [9.17, 15) is 35.6 Å². The molecule has 11 heteroatoms. The van der Waals surface area contributed by atoms with Gasteiger partial charge in [0.1, 0.15) is 35.9 Å². The standard InChI is InChI=1S/C16H24NO8S.ClH/c18-5-14(25-7-10-3-1-2-4-11(10)17(23)24)12(20)8-26-9-13(21)16(22)15(26)6-19;/h1-4,12-16,18-22H,5-9H2;1H/q+1;/p-1/t12?,13-,14+,15-,16+,26?;/m1./s1. The molecule has 2 unspecified atom stereocenters. The van der Waals surface area contributed by atoms with Gasteiger partial charge in [-0.05, 0) is 6.07 Å². The summed E-state index contributed by atoms with van der Waals surface area (Å²) in [6.45, 7) is -0.954. The van der Waals surface area contributed by atoms with Gasteiger partial charge in [-0.2, -0.15) is 0 Å². The second-order valence-corrected chi connectivity index (χ2v) is 8.48. The van der Waals surface area contributed by atoms with E-state index in [-0.39, 0.29) is 42.8 Å². The summed E-state index contributed by atoms with van der Waals surface area (Å²) in [5.74, 6) is 0.396. The molecule has 1 saturated heterocycles. The zero-order valence-corrected chi connectivity index (χ0v) is 16.0. The maximum atomic E-state index is 11.0. The minimum Gasteiger partial charge on any atom is -1.00 e. The Kier molecular flexibility index (Phi) is 9.91.